The first-order valence-corrected chi connectivity index (χ1v) is 52.9. The molecule has 0 aliphatic carbocycles. The zero-order valence-electron chi connectivity index (χ0n) is 69.0. The van der Waals surface area contributed by atoms with Crippen LogP contribution < -0.4 is 0 Å². The Hall–Kier alpha value is -6.03. The molecule has 103 heavy (non-hydrogen) atoms. The molecule has 0 amide bonds. The van der Waals surface area contributed by atoms with Crippen molar-refractivity contribution in [3.8, 4) is 82.9 Å². The highest BCUT2D eigenvalue weighted by atomic mass is 127. The average Bonchev–Trinajstić information content (AvgIpc) is 0.826. The highest BCUT2D eigenvalue weighted by Crippen LogP contribution is 2.26. The number of halogens is 4. The summed E-state index contributed by atoms with van der Waals surface area (Å²) in [7, 11) is -4.83. The lowest BCUT2D eigenvalue weighted by molar-refractivity contribution is 1.29. The Morgan fingerprint density at radius 1 is 0.252 bits per heavy atom. The Morgan fingerprint density at radius 3 is 0.670 bits per heavy atom. The van der Waals surface area contributed by atoms with Gasteiger partial charge in [-0.1, -0.05) is 240 Å². The van der Waals surface area contributed by atoms with Crippen LogP contribution in [0.15, 0.2) is 106 Å². The minimum atomic E-state index is -1.37. The highest BCUT2D eigenvalue weighted by molar-refractivity contribution is 14.1. The molecular weight excluding hydrogens is 1670 g/mol. The van der Waals surface area contributed by atoms with Crippen molar-refractivity contribution in [2.45, 2.75) is 224 Å². The van der Waals surface area contributed by atoms with Crippen LogP contribution in [-0.2, 0) is 0 Å². The van der Waals surface area contributed by atoms with E-state index >= 15 is 0 Å². The molecule has 0 N–H and O–H groups in total. The van der Waals surface area contributed by atoms with E-state index in [2.05, 4.69) is 462 Å². The number of terminal acetylenes is 3. The largest absolute Gasteiger partial charge is 0.135 e. The first-order valence-electron chi connectivity index (χ1n) is 35.1. The van der Waals surface area contributed by atoms with Gasteiger partial charge >= 0.3 is 0 Å². The maximum atomic E-state index is 5.35. The predicted molar refractivity (Wildman–Crippen MR) is 497 cm³/mol. The van der Waals surface area contributed by atoms with E-state index < -0.39 is 32.3 Å². The van der Waals surface area contributed by atoms with Gasteiger partial charge in [-0.15, -0.1) is 41.4 Å². The lowest BCUT2D eigenvalue weighted by Crippen LogP contribution is -2.16. The molecule has 0 spiro atoms. The number of rotatable bonds is 0. The van der Waals surface area contributed by atoms with Crippen molar-refractivity contribution in [3.05, 3.63) is 269 Å². The molecule has 8 aromatic carbocycles. The quantitative estimate of drug-likeness (QED) is 0.0806. The van der Waals surface area contributed by atoms with Crippen molar-refractivity contribution in [1.82, 2.24) is 0 Å². The van der Waals surface area contributed by atoms with E-state index in [-0.39, 0.29) is 0 Å². The second kappa shape index (κ2) is 43.6. The summed E-state index contributed by atoms with van der Waals surface area (Å²) in [4.78, 5) is 0. The smallest absolute Gasteiger partial charge is 0.129 e. The Bertz CT molecular complexity index is 4440. The molecule has 8 rings (SSSR count). The summed E-state index contributed by atoms with van der Waals surface area (Å²) in [6.45, 7) is 71.1. The van der Waals surface area contributed by atoms with Crippen molar-refractivity contribution >= 4 is 109 Å². The zero-order valence-corrected chi connectivity index (χ0v) is 80.5. The maximum Gasteiger partial charge on any atom is 0.129 e. The second-order valence-corrected chi connectivity index (χ2v) is 54.5. The van der Waals surface area contributed by atoms with E-state index in [1.54, 1.807) is 0 Å². The number of hydrogen-bond donors (Lipinski definition) is 0. The summed E-state index contributed by atoms with van der Waals surface area (Å²) in [5.41, 5.74) is 47.1. The maximum absolute atomic E-state index is 5.35. The first kappa shape index (κ1) is 95.0. The van der Waals surface area contributed by atoms with E-state index in [1.807, 2.05) is 0 Å². The van der Waals surface area contributed by atoms with Crippen molar-refractivity contribution in [2.75, 3.05) is 0 Å². The minimum Gasteiger partial charge on any atom is -0.135 e. The molecule has 0 aliphatic rings. The second-order valence-electron chi connectivity index (χ2n) is 31.5. The van der Waals surface area contributed by atoms with Crippen molar-refractivity contribution in [2.24, 2.45) is 0 Å². The van der Waals surface area contributed by atoms with Gasteiger partial charge in [-0.05, 0) is 316 Å². The summed E-state index contributed by atoms with van der Waals surface area (Å²) in [5.74, 6) is 22.8. The van der Waals surface area contributed by atoms with Crippen LogP contribution in [0.3, 0.4) is 0 Å². The molecular formula is C95H118Br2I2Si4. The zero-order chi connectivity index (χ0) is 79.6. The molecule has 0 radical (unpaired) electrons. The molecule has 0 unspecified atom stereocenters. The van der Waals surface area contributed by atoms with Gasteiger partial charge in [-0.25, -0.2) is 0 Å². The Morgan fingerprint density at radius 2 is 0.447 bits per heavy atom. The van der Waals surface area contributed by atoms with Crippen LogP contribution in [0.25, 0.3) is 0 Å². The van der Waals surface area contributed by atoms with Gasteiger partial charge in [0.15, 0.2) is 0 Å². The topological polar surface area (TPSA) is 0 Å². The summed E-state index contributed by atoms with van der Waals surface area (Å²) in [6.07, 6.45) is 15.6. The van der Waals surface area contributed by atoms with Gasteiger partial charge in [-0.2, -0.15) is 0 Å². The monoisotopic (exact) mass is 1780 g/mol. The molecule has 8 heteroatoms. The van der Waals surface area contributed by atoms with Gasteiger partial charge in [0.05, 0.1) is 0 Å². The third-order valence-corrected chi connectivity index (χ3v) is 23.8. The number of benzene rings is 8. The lowest BCUT2D eigenvalue weighted by atomic mass is 9.98. The Kier molecular flexibility index (Phi) is 40.2. The van der Waals surface area contributed by atoms with Crippen LogP contribution in [0.2, 0.25) is 78.6 Å². The SMILES string of the molecule is C#C[Si](C)(C)C.C#C[Si](C)(C)C.C#Cc1c(C)cc(C)cc1C.Cc1cc(C)c(C#C[Si](C)(C)C)c(C)c1.Cc1cc(C)c(C#Cc2cc(C)c(Br)c(C)c2)c(C)c1.Cc1cc(C)c(C#Cc2cc(C)c(C#C[Si](C)(C)C)c(C)c2)c(C)c1.Cc1cc(C)c(I)c(C)c1.Cc1cc(I)cc(C)c1Br. The molecule has 0 aliphatic heterocycles. The van der Waals surface area contributed by atoms with E-state index in [0.29, 0.717) is 0 Å². The molecule has 542 valence electrons. The van der Waals surface area contributed by atoms with Crippen LogP contribution in [0.4, 0.5) is 0 Å². The van der Waals surface area contributed by atoms with E-state index in [0.717, 1.165) is 33.4 Å². The molecule has 0 saturated carbocycles. The number of aryl methyl sites for hydroxylation is 21. The molecule has 8 aromatic rings. The average molecular weight is 1790 g/mol. The van der Waals surface area contributed by atoms with Gasteiger partial charge in [0.25, 0.3) is 0 Å². The first-order chi connectivity index (χ1) is 47.2. The van der Waals surface area contributed by atoms with E-state index in [4.69, 9.17) is 19.3 Å². The van der Waals surface area contributed by atoms with Gasteiger partial charge in [0, 0.05) is 55.0 Å². The predicted octanol–water partition coefficient (Wildman–Crippen LogP) is 27.6. The standard InChI is InChI=1S/C24H28Si.C19H19Br.C14H20Si.C11H12.C9H11I.C8H8BrI.2C5H10Si/c1-17-13-18(2)23(19(3)14-17)10-9-22-15-20(4)24(21(5)16-22)11-12-25(6,7)8;1-12-8-13(2)18(14(3)9-12)7-6-17-10-15(4)19(20)16(5)11-17;1-11-9-12(2)14(13(3)10-11)7-8-15(4,5)6;1-5-11-9(3)6-8(2)7-10(11)4;1-6-4-7(2)9(10)8(3)5-6;1-5-3-7(10)4-6(2)8(5)9;2*1-5-6(2,3)4/h13-16H,1-8H3;8-11H,1-5H3;9-10H,1-6H3;1,6-7H,2-4H3;4-5H,1-3H3;3-4H,1-2H3;2*1H,2-4H3. The van der Waals surface area contributed by atoms with Gasteiger partial charge in [0.1, 0.15) is 32.3 Å². The highest BCUT2D eigenvalue weighted by Gasteiger charge is 2.12. The van der Waals surface area contributed by atoms with Crippen molar-refractivity contribution < 1.29 is 0 Å². The van der Waals surface area contributed by atoms with Crippen LogP contribution in [-0.4, -0.2) is 32.3 Å². The van der Waals surface area contributed by atoms with E-state index in [9.17, 15) is 0 Å². The van der Waals surface area contributed by atoms with Crippen LogP contribution in [0.1, 0.15) is 156 Å². The molecule has 0 heterocycles. The fourth-order valence-corrected chi connectivity index (χ4v) is 13.3. The van der Waals surface area contributed by atoms with E-state index in [1.165, 1.54) is 138 Å². The third-order valence-electron chi connectivity index (χ3n) is 15.5. The third kappa shape index (κ3) is 36.7. The van der Waals surface area contributed by atoms with Crippen molar-refractivity contribution in [1.29, 1.82) is 0 Å². The fourth-order valence-electron chi connectivity index (χ4n) is 10.6. The van der Waals surface area contributed by atoms with Gasteiger partial charge < -0.3 is 0 Å². The summed E-state index contributed by atoms with van der Waals surface area (Å²) in [5, 5.41) is 0. The lowest BCUT2D eigenvalue weighted by Gasteiger charge is -2.08. The number of hydrogen-bond acceptors (Lipinski definition) is 0. The molecule has 0 bridgehead atoms. The molecule has 0 nitrogen and oxygen atoms in total. The van der Waals surface area contributed by atoms with Gasteiger partial charge in [0.2, 0.25) is 0 Å². The summed E-state index contributed by atoms with van der Waals surface area (Å²) < 4.78 is 5.10. The van der Waals surface area contributed by atoms with Crippen LogP contribution >= 0.6 is 77.0 Å². The molecule has 0 aromatic heterocycles. The van der Waals surface area contributed by atoms with Crippen LogP contribution in [0, 0.1) is 235 Å². The fraction of sp³-hybridized carbons (Fsp3) is 0.347. The minimum absolute atomic E-state index is 1.04. The Balaban J connectivity index is 0.000000615. The van der Waals surface area contributed by atoms with Crippen LogP contribution in [0.5, 0.6) is 0 Å². The van der Waals surface area contributed by atoms with Gasteiger partial charge in [-0.3, -0.25) is 0 Å². The summed E-state index contributed by atoms with van der Waals surface area (Å²) >= 11 is 11.8. The Labute approximate surface area is 678 Å². The molecule has 0 fully saturated rings. The normalized spacial score (nSPS) is 10.2. The molecule has 0 atom stereocenters. The molecule has 0 saturated heterocycles. The van der Waals surface area contributed by atoms with Crippen molar-refractivity contribution in [3.63, 3.8) is 0 Å². The summed E-state index contributed by atoms with van der Waals surface area (Å²) in [6, 6.07) is 34.8.